The van der Waals surface area contributed by atoms with Gasteiger partial charge >= 0.3 is 6.09 Å². The number of carbonyl (C=O) groups excluding carboxylic acids is 1. The van der Waals surface area contributed by atoms with Crippen LogP contribution in [0, 0.1) is 11.8 Å². The third kappa shape index (κ3) is 4.20. The molecule has 3 rings (SSSR count). The van der Waals surface area contributed by atoms with E-state index in [2.05, 4.69) is 30.9 Å². The van der Waals surface area contributed by atoms with Gasteiger partial charge in [-0.3, -0.25) is 0 Å². The van der Waals surface area contributed by atoms with Gasteiger partial charge in [-0.1, -0.05) is 0 Å². The molecule has 3 aliphatic rings. The highest BCUT2D eigenvalue weighted by Gasteiger charge is 2.38. The van der Waals surface area contributed by atoms with Crippen molar-refractivity contribution in [3.05, 3.63) is 0 Å². The first-order valence-corrected chi connectivity index (χ1v) is 8.81. The van der Waals surface area contributed by atoms with Crippen LogP contribution in [-0.4, -0.2) is 84.6 Å². The molecular formula is C14H24IN3O3. The van der Waals surface area contributed by atoms with E-state index in [0.29, 0.717) is 32.9 Å². The van der Waals surface area contributed by atoms with Crippen LogP contribution in [0.15, 0.2) is 0 Å². The van der Waals surface area contributed by atoms with Gasteiger partial charge in [-0.25, -0.2) is 7.91 Å². The largest absolute Gasteiger partial charge is 0.449 e. The van der Waals surface area contributed by atoms with Crippen LogP contribution in [0.2, 0.25) is 0 Å². The van der Waals surface area contributed by atoms with Gasteiger partial charge in [0.2, 0.25) is 0 Å². The van der Waals surface area contributed by atoms with E-state index < -0.39 is 0 Å². The fourth-order valence-electron chi connectivity index (χ4n) is 3.50. The van der Waals surface area contributed by atoms with E-state index in [9.17, 15) is 4.79 Å². The molecule has 3 aliphatic heterocycles. The van der Waals surface area contributed by atoms with Gasteiger partial charge in [-0.05, 0) is 18.3 Å². The van der Waals surface area contributed by atoms with Crippen LogP contribution in [-0.2, 0) is 9.47 Å². The van der Waals surface area contributed by atoms with E-state index in [0.717, 1.165) is 24.8 Å². The first-order chi connectivity index (χ1) is 10.2. The van der Waals surface area contributed by atoms with Gasteiger partial charge in [0, 0.05) is 68.7 Å². The average molecular weight is 409 g/mol. The van der Waals surface area contributed by atoms with Crippen molar-refractivity contribution in [2.24, 2.45) is 11.8 Å². The third-order valence-electron chi connectivity index (χ3n) is 4.63. The van der Waals surface area contributed by atoms with Gasteiger partial charge in [0.1, 0.15) is 0 Å². The first-order valence-electron chi connectivity index (χ1n) is 7.85. The monoisotopic (exact) mass is 409 g/mol. The highest BCUT2D eigenvalue weighted by molar-refractivity contribution is 14.1. The Balaban J connectivity index is 1.28. The number of hydrogen-bond acceptors (Lipinski definition) is 5. The maximum Gasteiger partial charge on any atom is 0.409 e. The summed E-state index contributed by atoms with van der Waals surface area (Å²) in [4.78, 5) is 16.1. The number of rotatable bonds is 4. The topological polar surface area (TPSA) is 45.2 Å². The Morgan fingerprint density at radius 2 is 1.81 bits per heavy atom. The van der Waals surface area contributed by atoms with E-state index in [1.54, 1.807) is 4.90 Å². The molecule has 21 heavy (non-hydrogen) atoms. The molecule has 6 nitrogen and oxygen atoms in total. The predicted octanol–water partition coefficient (Wildman–Crippen LogP) is 1.06. The molecule has 0 aliphatic carbocycles. The smallest absolute Gasteiger partial charge is 0.409 e. The number of nitrogens with zero attached hydrogens (tertiary/aromatic N) is 3. The van der Waals surface area contributed by atoms with Gasteiger partial charge in [0.05, 0.1) is 19.8 Å². The average Bonchev–Trinajstić information content (AvgIpc) is 3.01. The fourth-order valence-corrected chi connectivity index (χ4v) is 4.51. The van der Waals surface area contributed by atoms with Crippen molar-refractivity contribution in [3.63, 3.8) is 0 Å². The summed E-state index contributed by atoms with van der Waals surface area (Å²) in [7, 11) is 0. The fraction of sp³-hybridized carbons (Fsp3) is 0.929. The van der Waals surface area contributed by atoms with Crippen LogP contribution in [0.5, 0.6) is 0 Å². The lowest BCUT2D eigenvalue weighted by Gasteiger charge is -2.26. The molecule has 3 saturated heterocycles. The molecule has 0 saturated carbocycles. The minimum Gasteiger partial charge on any atom is -0.449 e. The van der Waals surface area contributed by atoms with Crippen molar-refractivity contribution in [2.45, 2.75) is 6.42 Å². The number of ether oxygens (including phenoxy) is 2. The van der Waals surface area contributed by atoms with E-state index in [1.165, 1.54) is 26.2 Å². The lowest BCUT2D eigenvalue weighted by Crippen LogP contribution is -2.41. The van der Waals surface area contributed by atoms with Crippen molar-refractivity contribution in [2.75, 3.05) is 65.6 Å². The summed E-state index contributed by atoms with van der Waals surface area (Å²) in [6.45, 7) is 9.01. The molecule has 0 unspecified atom stereocenters. The SMILES string of the molecule is O=C(OCCCN1C[C@H]2CN(I)C[C@H]2C1)N1CCOCC1. The van der Waals surface area contributed by atoms with Crippen molar-refractivity contribution in [1.29, 1.82) is 0 Å². The summed E-state index contributed by atoms with van der Waals surface area (Å²) >= 11 is 2.43. The number of fused-ring (bicyclic) bond motifs is 1. The quantitative estimate of drug-likeness (QED) is 0.395. The molecule has 1 amide bonds. The van der Waals surface area contributed by atoms with E-state index >= 15 is 0 Å². The van der Waals surface area contributed by atoms with Crippen molar-refractivity contribution in [1.82, 2.24) is 12.9 Å². The van der Waals surface area contributed by atoms with E-state index in [4.69, 9.17) is 9.47 Å². The predicted molar refractivity (Wildman–Crippen MR) is 87.4 cm³/mol. The van der Waals surface area contributed by atoms with Crippen molar-refractivity contribution < 1.29 is 14.3 Å². The molecule has 0 N–H and O–H groups in total. The zero-order valence-electron chi connectivity index (χ0n) is 12.4. The molecule has 0 bridgehead atoms. The Kier molecular flexibility index (Phi) is 5.58. The lowest BCUT2D eigenvalue weighted by atomic mass is 10.0. The van der Waals surface area contributed by atoms with Crippen molar-refractivity contribution >= 4 is 29.0 Å². The van der Waals surface area contributed by atoms with Gasteiger partial charge < -0.3 is 19.3 Å². The molecule has 120 valence electrons. The third-order valence-corrected chi connectivity index (χ3v) is 5.42. The number of carbonyl (C=O) groups is 1. The maximum absolute atomic E-state index is 11.8. The normalized spacial score (nSPS) is 30.6. The molecule has 0 radical (unpaired) electrons. The molecule has 3 heterocycles. The van der Waals surface area contributed by atoms with E-state index in [1.807, 2.05) is 0 Å². The van der Waals surface area contributed by atoms with E-state index in [-0.39, 0.29) is 6.09 Å². The van der Waals surface area contributed by atoms with Gasteiger partial charge in [0.15, 0.2) is 0 Å². The van der Waals surface area contributed by atoms with Crippen molar-refractivity contribution in [3.8, 4) is 0 Å². The van der Waals surface area contributed by atoms with Crippen LogP contribution >= 0.6 is 22.9 Å². The maximum atomic E-state index is 11.8. The summed E-state index contributed by atoms with van der Waals surface area (Å²) in [6, 6.07) is 0. The molecule has 2 atom stereocenters. The number of morpholine rings is 1. The Morgan fingerprint density at radius 1 is 1.14 bits per heavy atom. The number of amides is 1. The lowest BCUT2D eigenvalue weighted by molar-refractivity contribution is 0.0263. The number of likely N-dealkylation sites (tertiary alicyclic amines) is 1. The van der Waals surface area contributed by atoms with Crippen LogP contribution in [0.4, 0.5) is 4.79 Å². The summed E-state index contributed by atoms with van der Waals surface area (Å²) in [5.41, 5.74) is 0. The van der Waals surface area contributed by atoms with Crippen LogP contribution in [0.1, 0.15) is 6.42 Å². The second-order valence-corrected chi connectivity index (χ2v) is 7.54. The zero-order valence-corrected chi connectivity index (χ0v) is 14.5. The Labute approximate surface area is 140 Å². The molecule has 0 aromatic carbocycles. The zero-order chi connectivity index (χ0) is 14.7. The summed E-state index contributed by atoms with van der Waals surface area (Å²) in [5, 5.41) is 0. The first kappa shape index (κ1) is 15.8. The van der Waals surface area contributed by atoms with Crippen LogP contribution in [0.3, 0.4) is 0 Å². The Hall–Kier alpha value is -0.120. The van der Waals surface area contributed by atoms with Gasteiger partial charge in [0.25, 0.3) is 0 Å². The molecule has 0 spiro atoms. The number of halogens is 1. The molecule has 0 aromatic heterocycles. The highest BCUT2D eigenvalue weighted by atomic mass is 127. The standard InChI is InChI=1S/C14H24IN3O3/c15-18-10-12-8-16(9-13(12)11-18)2-1-5-21-14(19)17-3-6-20-7-4-17/h12-13H,1-11H2/t12-,13+. The Morgan fingerprint density at radius 3 is 2.48 bits per heavy atom. The summed E-state index contributed by atoms with van der Waals surface area (Å²) in [5.74, 6) is 1.69. The van der Waals surface area contributed by atoms with Crippen LogP contribution in [0.25, 0.3) is 0 Å². The Bertz CT molecular complexity index is 351. The highest BCUT2D eigenvalue weighted by Crippen LogP contribution is 2.32. The van der Waals surface area contributed by atoms with Gasteiger partial charge in [-0.15, -0.1) is 0 Å². The molecular weight excluding hydrogens is 385 g/mol. The molecule has 0 aromatic rings. The second-order valence-electron chi connectivity index (χ2n) is 6.17. The van der Waals surface area contributed by atoms with Gasteiger partial charge in [-0.2, -0.15) is 0 Å². The summed E-state index contributed by atoms with van der Waals surface area (Å²) in [6.07, 6.45) is 0.751. The second kappa shape index (κ2) is 7.43. The molecule has 7 heteroatoms. The minimum atomic E-state index is -0.183. The minimum absolute atomic E-state index is 0.183. The summed E-state index contributed by atoms with van der Waals surface area (Å²) < 4.78 is 13.0. The molecule has 3 fully saturated rings. The van der Waals surface area contributed by atoms with Crippen LogP contribution < -0.4 is 0 Å². The number of hydrogen-bond donors (Lipinski definition) is 0.